The maximum absolute atomic E-state index is 12.5. The highest BCUT2D eigenvalue weighted by Crippen LogP contribution is 2.30. The van der Waals surface area contributed by atoms with Crippen molar-refractivity contribution in [2.45, 2.75) is 32.1 Å². The van der Waals surface area contributed by atoms with Crippen LogP contribution in [0.25, 0.3) is 21.8 Å². The van der Waals surface area contributed by atoms with Gasteiger partial charge in [0, 0.05) is 40.5 Å². The summed E-state index contributed by atoms with van der Waals surface area (Å²) in [7, 11) is 0. The van der Waals surface area contributed by atoms with Crippen LogP contribution in [0, 0.1) is 5.92 Å². The normalized spacial score (nSPS) is 14.9. The zero-order valence-electron chi connectivity index (χ0n) is 14.5. The fourth-order valence-electron chi connectivity index (χ4n) is 3.40. The molecular formula is C21H21N3OS. The van der Waals surface area contributed by atoms with Gasteiger partial charge in [-0.15, -0.1) is 11.3 Å². The molecule has 1 saturated carbocycles. The molecule has 0 spiro atoms. The molecular weight excluding hydrogens is 342 g/mol. The molecule has 132 valence electrons. The molecule has 1 N–H and O–H groups in total. The van der Waals surface area contributed by atoms with Crippen molar-refractivity contribution in [2.75, 3.05) is 5.32 Å². The quantitative estimate of drug-likeness (QED) is 0.676. The van der Waals surface area contributed by atoms with E-state index in [0.717, 1.165) is 53.2 Å². The molecule has 1 aliphatic rings. The van der Waals surface area contributed by atoms with E-state index in [0.29, 0.717) is 0 Å². The highest BCUT2D eigenvalue weighted by atomic mass is 32.1. The van der Waals surface area contributed by atoms with Crippen LogP contribution in [0.2, 0.25) is 0 Å². The highest BCUT2D eigenvalue weighted by molar-refractivity contribution is 7.13. The molecule has 4 rings (SSSR count). The van der Waals surface area contributed by atoms with E-state index in [1.54, 1.807) is 23.7 Å². The lowest BCUT2D eigenvalue weighted by atomic mass is 9.88. The summed E-state index contributed by atoms with van der Waals surface area (Å²) in [6.45, 7) is 0. The number of nitrogens with one attached hydrogen (secondary N) is 1. The molecule has 3 aromatic rings. The molecule has 0 saturated heterocycles. The average molecular weight is 363 g/mol. The van der Waals surface area contributed by atoms with Gasteiger partial charge < -0.3 is 5.32 Å². The Hall–Kier alpha value is -2.53. The summed E-state index contributed by atoms with van der Waals surface area (Å²) < 4.78 is 0. The van der Waals surface area contributed by atoms with Gasteiger partial charge >= 0.3 is 0 Å². The molecule has 0 unspecified atom stereocenters. The Morgan fingerprint density at radius 3 is 2.65 bits per heavy atom. The molecule has 2 aromatic heterocycles. The lowest BCUT2D eigenvalue weighted by Crippen LogP contribution is -2.24. The first-order valence-electron chi connectivity index (χ1n) is 9.07. The van der Waals surface area contributed by atoms with Crippen LogP contribution in [0.4, 0.5) is 5.69 Å². The Balaban J connectivity index is 1.51. The zero-order chi connectivity index (χ0) is 17.8. The summed E-state index contributed by atoms with van der Waals surface area (Å²) in [5, 5.41) is 6.11. The smallest absolute Gasteiger partial charge is 0.227 e. The largest absolute Gasteiger partial charge is 0.326 e. The topological polar surface area (TPSA) is 54.9 Å². The number of benzene rings is 1. The average Bonchev–Trinajstić information content (AvgIpc) is 3.20. The van der Waals surface area contributed by atoms with Crippen LogP contribution in [0.15, 0.2) is 54.2 Å². The fourth-order valence-corrected chi connectivity index (χ4v) is 4.23. The minimum absolute atomic E-state index is 0.151. The number of carbonyl (C=O) groups is 1. The Morgan fingerprint density at radius 2 is 1.85 bits per heavy atom. The summed E-state index contributed by atoms with van der Waals surface area (Å²) >= 11 is 1.61. The van der Waals surface area contributed by atoms with E-state index in [4.69, 9.17) is 4.98 Å². The number of hydrogen-bond donors (Lipinski definition) is 1. The fraction of sp³-hybridized carbons (Fsp3) is 0.286. The van der Waals surface area contributed by atoms with Gasteiger partial charge in [-0.05, 0) is 37.1 Å². The van der Waals surface area contributed by atoms with Crippen molar-refractivity contribution in [1.29, 1.82) is 0 Å². The zero-order valence-corrected chi connectivity index (χ0v) is 15.3. The van der Waals surface area contributed by atoms with Crippen LogP contribution in [-0.4, -0.2) is 15.9 Å². The Kier molecular flexibility index (Phi) is 5.07. The van der Waals surface area contributed by atoms with Gasteiger partial charge in [0.1, 0.15) is 5.01 Å². The molecule has 1 amide bonds. The predicted molar refractivity (Wildman–Crippen MR) is 106 cm³/mol. The highest BCUT2D eigenvalue weighted by Gasteiger charge is 2.21. The Bertz CT molecular complexity index is 885. The maximum atomic E-state index is 12.5. The van der Waals surface area contributed by atoms with E-state index in [1.807, 2.05) is 36.4 Å². The summed E-state index contributed by atoms with van der Waals surface area (Å²) in [6, 6.07) is 11.9. The van der Waals surface area contributed by atoms with Gasteiger partial charge in [-0.3, -0.25) is 9.78 Å². The van der Waals surface area contributed by atoms with Gasteiger partial charge in [-0.1, -0.05) is 31.4 Å². The van der Waals surface area contributed by atoms with Gasteiger partial charge in [0.05, 0.1) is 5.69 Å². The molecule has 0 aliphatic heterocycles. The Labute approximate surface area is 157 Å². The predicted octanol–water partition coefficient (Wildman–Crippen LogP) is 5.39. The van der Waals surface area contributed by atoms with E-state index >= 15 is 0 Å². The lowest BCUT2D eigenvalue weighted by Gasteiger charge is -2.20. The minimum Gasteiger partial charge on any atom is -0.326 e. The standard InChI is InChI=1S/C21H21N3OS/c25-20(15-5-2-1-3-6-15)23-18-8-4-7-17(13-18)19-14-26-21(24-19)16-9-11-22-12-10-16/h4,7-15H,1-3,5-6H2,(H,23,25). The minimum atomic E-state index is 0.151. The van der Waals surface area contributed by atoms with E-state index in [9.17, 15) is 4.79 Å². The number of nitrogens with zero attached hydrogens (tertiary/aromatic N) is 2. The molecule has 0 atom stereocenters. The van der Waals surface area contributed by atoms with E-state index in [2.05, 4.69) is 15.7 Å². The summed E-state index contributed by atoms with van der Waals surface area (Å²) in [5.41, 5.74) is 3.85. The van der Waals surface area contributed by atoms with Gasteiger partial charge in [0.2, 0.25) is 5.91 Å². The van der Waals surface area contributed by atoms with Crippen LogP contribution in [0.1, 0.15) is 32.1 Å². The third-order valence-electron chi connectivity index (χ3n) is 4.83. The van der Waals surface area contributed by atoms with Crippen molar-refractivity contribution >= 4 is 22.9 Å². The van der Waals surface area contributed by atoms with Crippen molar-refractivity contribution in [3.8, 4) is 21.8 Å². The third kappa shape index (κ3) is 3.83. The van der Waals surface area contributed by atoms with Crippen molar-refractivity contribution in [3.05, 3.63) is 54.2 Å². The van der Waals surface area contributed by atoms with Crippen LogP contribution >= 0.6 is 11.3 Å². The molecule has 0 radical (unpaired) electrons. The van der Waals surface area contributed by atoms with Gasteiger partial charge in [0.25, 0.3) is 0 Å². The van der Waals surface area contributed by atoms with Crippen LogP contribution in [0.3, 0.4) is 0 Å². The van der Waals surface area contributed by atoms with E-state index < -0.39 is 0 Å². The first kappa shape index (κ1) is 16.9. The molecule has 4 nitrogen and oxygen atoms in total. The number of carbonyl (C=O) groups excluding carboxylic acids is 1. The van der Waals surface area contributed by atoms with E-state index in [1.165, 1.54) is 6.42 Å². The summed E-state index contributed by atoms with van der Waals surface area (Å²) in [5.74, 6) is 0.308. The first-order valence-corrected chi connectivity index (χ1v) is 9.95. The number of amides is 1. The maximum Gasteiger partial charge on any atom is 0.227 e. The monoisotopic (exact) mass is 363 g/mol. The van der Waals surface area contributed by atoms with Gasteiger partial charge in [-0.2, -0.15) is 0 Å². The van der Waals surface area contributed by atoms with Crippen molar-refractivity contribution in [2.24, 2.45) is 5.92 Å². The van der Waals surface area contributed by atoms with Crippen LogP contribution < -0.4 is 5.32 Å². The number of hydrogen-bond acceptors (Lipinski definition) is 4. The van der Waals surface area contributed by atoms with Crippen LogP contribution in [0.5, 0.6) is 0 Å². The van der Waals surface area contributed by atoms with Crippen molar-refractivity contribution < 1.29 is 4.79 Å². The second kappa shape index (κ2) is 7.79. The van der Waals surface area contributed by atoms with Gasteiger partial charge in [-0.25, -0.2) is 4.98 Å². The molecule has 0 bridgehead atoms. The number of pyridine rings is 1. The molecule has 1 aromatic carbocycles. The number of rotatable bonds is 4. The van der Waals surface area contributed by atoms with Crippen LogP contribution in [-0.2, 0) is 4.79 Å². The van der Waals surface area contributed by atoms with Crippen molar-refractivity contribution in [1.82, 2.24) is 9.97 Å². The number of thiazole rings is 1. The van der Waals surface area contributed by atoms with E-state index in [-0.39, 0.29) is 11.8 Å². The molecule has 1 fully saturated rings. The SMILES string of the molecule is O=C(Nc1cccc(-c2csc(-c3ccncc3)n2)c1)C1CCCCC1. The number of anilines is 1. The van der Waals surface area contributed by atoms with Gasteiger partial charge in [0.15, 0.2) is 0 Å². The molecule has 26 heavy (non-hydrogen) atoms. The second-order valence-electron chi connectivity index (χ2n) is 6.68. The number of aromatic nitrogens is 2. The third-order valence-corrected chi connectivity index (χ3v) is 5.72. The second-order valence-corrected chi connectivity index (χ2v) is 7.54. The lowest BCUT2D eigenvalue weighted by molar-refractivity contribution is -0.120. The van der Waals surface area contributed by atoms with Crippen molar-refractivity contribution in [3.63, 3.8) is 0 Å². The Morgan fingerprint density at radius 1 is 1.04 bits per heavy atom. The molecule has 2 heterocycles. The summed E-state index contributed by atoms with van der Waals surface area (Å²) in [6.07, 6.45) is 9.14. The molecule has 5 heteroatoms. The molecule has 1 aliphatic carbocycles. The summed E-state index contributed by atoms with van der Waals surface area (Å²) in [4.78, 5) is 21.3. The first-order chi connectivity index (χ1) is 12.8.